The number of aromatic amines is 1. The van der Waals surface area contributed by atoms with E-state index in [2.05, 4.69) is 30.9 Å². The van der Waals surface area contributed by atoms with Gasteiger partial charge in [0.1, 0.15) is 40.0 Å². The maximum Gasteiger partial charge on any atom is 0.248 e. The molecule has 0 aliphatic heterocycles. The number of benzene rings is 1. The van der Waals surface area contributed by atoms with Crippen LogP contribution in [-0.2, 0) is 6.61 Å². The Labute approximate surface area is 187 Å². The molecular weight excluding hydrogens is 471 g/mol. The number of hydrogen-bond donors (Lipinski definition) is 1. The molecule has 31 heavy (non-hydrogen) atoms. The molecule has 1 aliphatic carbocycles. The van der Waals surface area contributed by atoms with E-state index >= 15 is 0 Å². The second kappa shape index (κ2) is 8.65. The van der Waals surface area contributed by atoms with E-state index in [0.717, 1.165) is 32.8 Å². The lowest BCUT2D eigenvalue weighted by atomic mass is 9.86. The smallest absolute Gasteiger partial charge is 0.248 e. The van der Waals surface area contributed by atoms with Crippen molar-refractivity contribution in [3.8, 4) is 17.0 Å². The molecule has 4 rings (SSSR count). The van der Waals surface area contributed by atoms with Crippen LogP contribution in [0.1, 0.15) is 54.2 Å². The van der Waals surface area contributed by atoms with E-state index in [9.17, 15) is 13.2 Å². The number of hydrogen-bond acceptors (Lipinski definition) is 3. The molecule has 0 radical (unpaired) electrons. The van der Waals surface area contributed by atoms with Gasteiger partial charge in [-0.15, -0.1) is 0 Å². The van der Waals surface area contributed by atoms with Gasteiger partial charge in [0.05, 0.1) is 0 Å². The van der Waals surface area contributed by atoms with E-state index in [0.29, 0.717) is 18.6 Å². The van der Waals surface area contributed by atoms with Gasteiger partial charge in [-0.25, -0.2) is 18.2 Å². The zero-order valence-corrected chi connectivity index (χ0v) is 18.9. The zero-order valence-electron chi connectivity index (χ0n) is 17.3. The highest BCUT2D eigenvalue weighted by molar-refractivity contribution is 9.10. The van der Waals surface area contributed by atoms with Crippen molar-refractivity contribution >= 4 is 15.9 Å². The third-order valence-corrected chi connectivity index (χ3v) is 6.22. The molecule has 0 unspecified atom stereocenters. The first-order valence-corrected chi connectivity index (χ1v) is 11.0. The first-order valence-electron chi connectivity index (χ1n) is 10.2. The monoisotopic (exact) mass is 493 g/mol. The number of aromatic nitrogens is 3. The van der Waals surface area contributed by atoms with Crippen molar-refractivity contribution in [1.29, 1.82) is 0 Å². The summed E-state index contributed by atoms with van der Waals surface area (Å²) in [6, 6.07) is 7.06. The number of nitrogens with one attached hydrogen (secondary N) is 1. The van der Waals surface area contributed by atoms with Gasteiger partial charge < -0.3 is 9.72 Å². The number of alkyl halides is 2. The molecule has 1 aliphatic rings. The van der Waals surface area contributed by atoms with Crippen LogP contribution in [0.25, 0.3) is 11.3 Å². The van der Waals surface area contributed by atoms with Crippen LogP contribution in [-0.4, -0.2) is 20.9 Å². The van der Waals surface area contributed by atoms with E-state index in [1.165, 1.54) is 6.07 Å². The van der Waals surface area contributed by atoms with E-state index in [-0.39, 0.29) is 36.9 Å². The van der Waals surface area contributed by atoms with Crippen LogP contribution < -0.4 is 4.74 Å². The summed E-state index contributed by atoms with van der Waals surface area (Å²) in [4.78, 5) is 12.0. The number of imidazole rings is 1. The van der Waals surface area contributed by atoms with Gasteiger partial charge in [0.25, 0.3) is 0 Å². The first kappa shape index (κ1) is 21.9. The normalized spacial score (nSPS) is 16.5. The maximum absolute atomic E-state index is 14.0. The number of rotatable bonds is 5. The summed E-state index contributed by atoms with van der Waals surface area (Å²) in [5, 5.41) is 0. The van der Waals surface area contributed by atoms with Gasteiger partial charge >= 0.3 is 0 Å². The van der Waals surface area contributed by atoms with Crippen LogP contribution in [0.15, 0.2) is 35.1 Å². The molecule has 164 valence electrons. The van der Waals surface area contributed by atoms with Crippen molar-refractivity contribution in [1.82, 2.24) is 15.0 Å². The standard InChI is InChI=1S/C23H23BrF3N3O/c1-13-9-17(25)18(28-11-13)12-31-19-4-3-16(10-14(19)2)20-21(24)30-22(29-20)15-5-7-23(26,27)8-6-15/h3-4,9-11,15H,5-8,12H2,1-2H3,(H,29,30). The number of nitrogens with zero attached hydrogens (tertiary/aromatic N) is 2. The summed E-state index contributed by atoms with van der Waals surface area (Å²) in [6.07, 6.45) is 2.24. The number of ether oxygens (including phenoxy) is 1. The van der Waals surface area contributed by atoms with E-state index in [1.54, 1.807) is 13.1 Å². The summed E-state index contributed by atoms with van der Waals surface area (Å²) in [5.41, 5.74) is 3.49. The summed E-state index contributed by atoms with van der Waals surface area (Å²) < 4.78 is 47.4. The lowest BCUT2D eigenvalue weighted by Crippen LogP contribution is -2.24. The first-order chi connectivity index (χ1) is 14.7. The van der Waals surface area contributed by atoms with Crippen molar-refractivity contribution in [2.75, 3.05) is 0 Å². The fourth-order valence-electron chi connectivity index (χ4n) is 3.84. The van der Waals surface area contributed by atoms with Crippen molar-refractivity contribution in [2.24, 2.45) is 0 Å². The Morgan fingerprint density at radius 2 is 1.94 bits per heavy atom. The minimum Gasteiger partial charge on any atom is -0.487 e. The van der Waals surface area contributed by atoms with Crippen LogP contribution in [0.3, 0.4) is 0 Å². The highest BCUT2D eigenvalue weighted by Crippen LogP contribution is 2.41. The van der Waals surface area contributed by atoms with Crippen LogP contribution in [0.5, 0.6) is 5.75 Å². The molecule has 1 N–H and O–H groups in total. The molecular formula is C23H23BrF3N3O. The van der Waals surface area contributed by atoms with Crippen LogP contribution in [0, 0.1) is 19.7 Å². The summed E-state index contributed by atoms with van der Waals surface area (Å²) >= 11 is 3.51. The van der Waals surface area contributed by atoms with E-state index in [4.69, 9.17) is 4.74 Å². The van der Waals surface area contributed by atoms with Crippen LogP contribution in [0.4, 0.5) is 13.2 Å². The third kappa shape index (κ3) is 4.95. The molecule has 2 heterocycles. The predicted molar refractivity (Wildman–Crippen MR) is 116 cm³/mol. The number of aryl methyl sites for hydroxylation is 2. The summed E-state index contributed by atoms with van der Waals surface area (Å²) in [7, 11) is 0. The van der Waals surface area contributed by atoms with E-state index < -0.39 is 5.92 Å². The Morgan fingerprint density at radius 1 is 1.19 bits per heavy atom. The van der Waals surface area contributed by atoms with Gasteiger partial charge in [-0.1, -0.05) is 0 Å². The molecule has 1 fully saturated rings. The molecule has 1 aromatic carbocycles. The Morgan fingerprint density at radius 3 is 2.61 bits per heavy atom. The topological polar surface area (TPSA) is 50.8 Å². The predicted octanol–water partition coefficient (Wildman–Crippen LogP) is 6.86. The van der Waals surface area contributed by atoms with Gasteiger partial charge in [0.15, 0.2) is 0 Å². The minimum atomic E-state index is -2.56. The van der Waals surface area contributed by atoms with Gasteiger partial charge in [-0.2, -0.15) is 0 Å². The van der Waals surface area contributed by atoms with Gasteiger partial charge in [-0.3, -0.25) is 4.98 Å². The average Bonchev–Trinajstić information content (AvgIpc) is 3.09. The molecule has 4 nitrogen and oxygen atoms in total. The second-order valence-electron chi connectivity index (χ2n) is 8.12. The zero-order chi connectivity index (χ0) is 22.2. The van der Waals surface area contributed by atoms with Crippen molar-refractivity contribution in [2.45, 2.75) is 58.0 Å². The number of pyridine rings is 1. The van der Waals surface area contributed by atoms with Gasteiger partial charge in [-0.05, 0) is 78.0 Å². The lowest BCUT2D eigenvalue weighted by molar-refractivity contribution is -0.0387. The molecule has 1 saturated carbocycles. The molecule has 0 atom stereocenters. The highest BCUT2D eigenvalue weighted by Gasteiger charge is 2.36. The quantitative estimate of drug-likeness (QED) is 0.422. The van der Waals surface area contributed by atoms with Crippen LogP contribution >= 0.6 is 15.9 Å². The molecule has 0 bridgehead atoms. The average molecular weight is 494 g/mol. The van der Waals surface area contributed by atoms with Crippen LogP contribution in [0.2, 0.25) is 0 Å². The van der Waals surface area contributed by atoms with Crippen molar-refractivity contribution in [3.05, 3.63) is 63.5 Å². The number of halogens is 4. The Bertz CT molecular complexity index is 1090. The maximum atomic E-state index is 14.0. The SMILES string of the molecule is Cc1cnc(COc2ccc(-c3nc(C4CCC(F)(F)CC4)[nH]c3Br)cc2C)c(F)c1. The van der Waals surface area contributed by atoms with Crippen molar-refractivity contribution in [3.63, 3.8) is 0 Å². The fraction of sp³-hybridized carbons (Fsp3) is 0.391. The fourth-order valence-corrected chi connectivity index (χ4v) is 4.36. The summed E-state index contributed by atoms with van der Waals surface area (Å²) in [5.74, 6) is -1.58. The largest absolute Gasteiger partial charge is 0.487 e. The van der Waals surface area contributed by atoms with E-state index in [1.807, 2.05) is 25.1 Å². The highest BCUT2D eigenvalue weighted by atomic mass is 79.9. The second-order valence-corrected chi connectivity index (χ2v) is 8.92. The molecule has 0 spiro atoms. The minimum absolute atomic E-state index is 0.00489. The Kier molecular flexibility index (Phi) is 6.10. The third-order valence-electron chi connectivity index (χ3n) is 5.65. The van der Waals surface area contributed by atoms with Gasteiger partial charge in [0.2, 0.25) is 5.92 Å². The Hall–Kier alpha value is -2.35. The molecule has 3 aromatic rings. The number of H-pyrrole nitrogens is 1. The molecule has 8 heteroatoms. The summed E-state index contributed by atoms with van der Waals surface area (Å²) in [6.45, 7) is 3.73. The molecule has 0 amide bonds. The molecule has 2 aromatic heterocycles. The molecule has 0 saturated heterocycles. The Balaban J connectivity index is 1.48. The van der Waals surface area contributed by atoms with Gasteiger partial charge in [0, 0.05) is 30.5 Å². The lowest BCUT2D eigenvalue weighted by Gasteiger charge is -2.26. The van der Waals surface area contributed by atoms with Crippen molar-refractivity contribution < 1.29 is 17.9 Å².